The summed E-state index contributed by atoms with van der Waals surface area (Å²) < 4.78 is 5.83. The van der Waals surface area contributed by atoms with Crippen molar-refractivity contribution in [3.05, 3.63) is 35.9 Å². The van der Waals surface area contributed by atoms with Crippen LogP contribution >= 0.6 is 7.26 Å². The number of halogens is 1. The molecule has 2 nitrogen and oxygen atoms in total. The van der Waals surface area contributed by atoms with Crippen molar-refractivity contribution in [1.29, 1.82) is 0 Å². The normalized spacial score (nSPS) is 11.3. The lowest BCUT2D eigenvalue weighted by atomic mass is 10.1. The number of carbonyl (C=O) groups is 1. The van der Waals surface area contributed by atoms with E-state index < -0.39 is 7.26 Å². The van der Waals surface area contributed by atoms with Gasteiger partial charge in [0.2, 0.25) is 0 Å². The van der Waals surface area contributed by atoms with Gasteiger partial charge in [-0.15, -0.1) is 0 Å². The topological polar surface area (TPSA) is 26.3 Å². The molecule has 0 heterocycles. The number of hydrogen-bond donors (Lipinski definition) is 0. The first-order valence-electron chi connectivity index (χ1n) is 15.2. The minimum Gasteiger partial charge on any atom is -1.00 e. The van der Waals surface area contributed by atoms with Crippen LogP contribution in [-0.4, -0.2) is 37.2 Å². The first-order chi connectivity index (χ1) is 17.2. The summed E-state index contributed by atoms with van der Waals surface area (Å²) in [5.41, 5.74) is 1.43. The number of hydrogen-bond acceptors (Lipinski definition) is 2. The largest absolute Gasteiger partial charge is 1.00 e. The van der Waals surface area contributed by atoms with Gasteiger partial charge in [-0.05, 0) is 63.4 Å². The second-order valence-corrected chi connectivity index (χ2v) is 15.1. The Morgan fingerprint density at radius 2 is 1.11 bits per heavy atom. The fourth-order valence-electron chi connectivity index (χ4n) is 5.13. The molecule has 1 rings (SSSR count). The van der Waals surface area contributed by atoms with E-state index in [1.165, 1.54) is 114 Å². The molecule has 0 saturated carbocycles. The van der Waals surface area contributed by atoms with Crippen LogP contribution in [0.2, 0.25) is 0 Å². The van der Waals surface area contributed by atoms with Gasteiger partial charge in [-0.25, -0.2) is 4.79 Å². The quantitative estimate of drug-likeness (QED) is 0.0794. The van der Waals surface area contributed by atoms with Gasteiger partial charge in [-0.3, -0.25) is 0 Å². The van der Waals surface area contributed by atoms with E-state index in [2.05, 4.69) is 51.1 Å². The third kappa shape index (κ3) is 18.6. The van der Waals surface area contributed by atoms with Crippen molar-refractivity contribution >= 4 is 13.2 Å². The summed E-state index contributed by atoms with van der Waals surface area (Å²) in [4.78, 5) is 13.0. The summed E-state index contributed by atoms with van der Waals surface area (Å²) in [5, 5.41) is 0. The van der Waals surface area contributed by atoms with Crippen LogP contribution < -0.4 is 12.4 Å². The Labute approximate surface area is 231 Å². The molecule has 0 fully saturated rings. The van der Waals surface area contributed by atoms with Gasteiger partial charge in [-0.1, -0.05) is 102 Å². The lowest BCUT2D eigenvalue weighted by Gasteiger charge is -2.27. The first kappa shape index (κ1) is 35.4. The monoisotopic (exact) mass is 540 g/mol. The van der Waals surface area contributed by atoms with Gasteiger partial charge in [0.05, 0.1) is 25.1 Å². The molecule has 0 saturated heterocycles. The summed E-state index contributed by atoms with van der Waals surface area (Å²) in [5.74, 6) is 0.115. The molecule has 0 aliphatic heterocycles. The fourth-order valence-corrected chi connectivity index (χ4v) is 9.60. The molecule has 0 spiro atoms. The van der Waals surface area contributed by atoms with Crippen molar-refractivity contribution < 1.29 is 21.9 Å². The van der Waals surface area contributed by atoms with E-state index in [-0.39, 0.29) is 18.4 Å². The third-order valence-electron chi connectivity index (χ3n) is 7.39. The van der Waals surface area contributed by atoms with Crippen molar-refractivity contribution in [3.63, 3.8) is 0 Å². The maximum Gasteiger partial charge on any atom is 0.343 e. The molecule has 0 bridgehead atoms. The Hall–Kier alpha value is -0.590. The number of rotatable bonds is 24. The molecule has 36 heavy (non-hydrogen) atoms. The molecule has 1 aromatic carbocycles. The van der Waals surface area contributed by atoms with Crippen LogP contribution in [0.3, 0.4) is 0 Å². The molecule has 1 aromatic rings. The third-order valence-corrected chi connectivity index (χ3v) is 12.1. The van der Waals surface area contributed by atoms with Crippen LogP contribution in [0.25, 0.3) is 0 Å². The van der Waals surface area contributed by atoms with E-state index in [1.807, 2.05) is 0 Å². The number of esters is 1. The predicted octanol–water partition coefficient (Wildman–Crippen LogP) is 7.10. The van der Waals surface area contributed by atoms with Gasteiger partial charge in [0.25, 0.3) is 0 Å². The number of ether oxygens (including phenoxy) is 1. The highest BCUT2D eigenvalue weighted by molar-refractivity contribution is 7.76. The molecular weight excluding hydrogens is 483 g/mol. The standard InChI is InChI=1S/C32H58O2P.ClH/c1-4-7-10-20-27-35(28-21-11-8-5-2,29-22-12-9-6-3)30-32(33)34-26-19-14-13-16-23-31-24-17-15-18-25-31;/h15,17-18,24-25H,4-14,16,19-23,26-30H2,1-3H3;1H/q+1;/p-1. The fraction of sp³-hybridized carbons (Fsp3) is 0.781. The van der Waals surface area contributed by atoms with E-state index >= 15 is 0 Å². The van der Waals surface area contributed by atoms with Crippen molar-refractivity contribution in [1.82, 2.24) is 0 Å². The highest BCUT2D eigenvalue weighted by Crippen LogP contribution is 2.61. The van der Waals surface area contributed by atoms with E-state index in [0.29, 0.717) is 6.61 Å². The van der Waals surface area contributed by atoms with Gasteiger partial charge >= 0.3 is 5.97 Å². The lowest BCUT2D eigenvalue weighted by Crippen LogP contribution is -3.00. The van der Waals surface area contributed by atoms with Crippen molar-refractivity contribution in [2.45, 2.75) is 130 Å². The van der Waals surface area contributed by atoms with Crippen LogP contribution in [-0.2, 0) is 16.0 Å². The first-order valence-corrected chi connectivity index (χ1v) is 17.7. The van der Waals surface area contributed by atoms with E-state index in [9.17, 15) is 4.79 Å². The van der Waals surface area contributed by atoms with Crippen LogP contribution in [0, 0.1) is 0 Å². The molecular formula is C32H58ClO2P. The zero-order valence-corrected chi connectivity index (χ0v) is 25.7. The average molecular weight is 541 g/mol. The Morgan fingerprint density at radius 3 is 1.61 bits per heavy atom. The highest BCUT2D eigenvalue weighted by Gasteiger charge is 2.38. The summed E-state index contributed by atoms with van der Waals surface area (Å²) >= 11 is 0. The van der Waals surface area contributed by atoms with E-state index in [0.717, 1.165) is 25.4 Å². The molecule has 0 aliphatic rings. The van der Waals surface area contributed by atoms with Gasteiger partial charge < -0.3 is 17.1 Å². The summed E-state index contributed by atoms with van der Waals surface area (Å²) in [6.45, 7) is 7.48. The Morgan fingerprint density at radius 1 is 0.639 bits per heavy atom. The molecule has 0 radical (unpaired) electrons. The Kier molecular flexibility index (Phi) is 24.3. The van der Waals surface area contributed by atoms with Gasteiger partial charge in [0.15, 0.2) is 6.16 Å². The minimum atomic E-state index is -1.25. The SMILES string of the molecule is CCCCCC[P+](CCCCCC)(CCCCCC)CC(=O)OCCCCCCc1ccccc1.[Cl-]. The van der Waals surface area contributed by atoms with Crippen LogP contribution in [0.15, 0.2) is 30.3 Å². The highest BCUT2D eigenvalue weighted by atomic mass is 35.5. The summed E-state index contributed by atoms with van der Waals surface area (Å²) in [7, 11) is -1.25. The van der Waals surface area contributed by atoms with Gasteiger partial charge in [0.1, 0.15) is 0 Å². The van der Waals surface area contributed by atoms with Crippen molar-refractivity contribution in [3.8, 4) is 0 Å². The van der Waals surface area contributed by atoms with Crippen LogP contribution in [0.5, 0.6) is 0 Å². The minimum absolute atomic E-state index is 0. The zero-order chi connectivity index (χ0) is 25.5. The number of unbranched alkanes of at least 4 members (excludes halogenated alkanes) is 12. The second kappa shape index (κ2) is 24.7. The lowest BCUT2D eigenvalue weighted by molar-refractivity contribution is -0.140. The number of carbonyl (C=O) groups excluding carboxylic acids is 1. The number of benzene rings is 1. The van der Waals surface area contributed by atoms with Crippen LogP contribution in [0.4, 0.5) is 0 Å². The maximum atomic E-state index is 13.0. The number of aryl methyl sites for hydroxylation is 1. The molecule has 0 aliphatic carbocycles. The maximum absolute atomic E-state index is 13.0. The average Bonchev–Trinajstić information content (AvgIpc) is 2.87. The zero-order valence-electron chi connectivity index (χ0n) is 24.1. The smallest absolute Gasteiger partial charge is 0.343 e. The van der Waals surface area contributed by atoms with Gasteiger partial charge in [-0.2, -0.15) is 0 Å². The molecule has 0 N–H and O–H groups in total. The van der Waals surface area contributed by atoms with Crippen LogP contribution in [0.1, 0.15) is 129 Å². The molecule has 210 valence electrons. The van der Waals surface area contributed by atoms with Gasteiger partial charge in [0, 0.05) is 7.26 Å². The molecule has 0 amide bonds. The van der Waals surface area contributed by atoms with E-state index in [1.54, 1.807) is 0 Å². The van der Waals surface area contributed by atoms with E-state index in [4.69, 9.17) is 4.74 Å². The molecule has 0 atom stereocenters. The Balaban J connectivity index is 0.0000122. The molecule has 0 aromatic heterocycles. The van der Waals surface area contributed by atoms with Crippen molar-refractivity contribution in [2.75, 3.05) is 31.3 Å². The summed E-state index contributed by atoms with van der Waals surface area (Å²) in [6.07, 6.45) is 26.3. The second-order valence-electron chi connectivity index (χ2n) is 10.7. The van der Waals surface area contributed by atoms with Crippen molar-refractivity contribution in [2.24, 2.45) is 0 Å². The summed E-state index contributed by atoms with van der Waals surface area (Å²) in [6, 6.07) is 10.7. The molecule has 4 heteroatoms. The predicted molar refractivity (Wildman–Crippen MR) is 158 cm³/mol. The molecule has 0 unspecified atom stereocenters. The Bertz CT molecular complexity index is 576.